The quantitative estimate of drug-likeness (QED) is 0.675. The smallest absolute Gasteiger partial charge is 0.385 e. The molecule has 0 aliphatic heterocycles. The van der Waals surface area contributed by atoms with E-state index in [0.717, 1.165) is 5.56 Å². The van der Waals surface area contributed by atoms with Gasteiger partial charge >= 0.3 is 7.60 Å². The zero-order valence-corrected chi connectivity index (χ0v) is 15.3. The van der Waals surface area contributed by atoms with Crippen molar-refractivity contribution in [3.63, 3.8) is 0 Å². The lowest BCUT2D eigenvalue weighted by atomic mass is 10.2. The minimum Gasteiger partial charge on any atom is -0.420 e. The molecule has 0 aliphatic rings. The fourth-order valence-electron chi connectivity index (χ4n) is 2.09. The van der Waals surface area contributed by atoms with Crippen LogP contribution in [0.25, 0.3) is 12.2 Å². The molecule has 0 saturated carbocycles. The summed E-state index contributed by atoms with van der Waals surface area (Å²) in [6.45, 7) is 4.03. The van der Waals surface area contributed by atoms with Crippen molar-refractivity contribution in [2.75, 3.05) is 32.2 Å². The van der Waals surface area contributed by atoms with Gasteiger partial charge in [-0.15, -0.1) is 0 Å². The van der Waals surface area contributed by atoms with Gasteiger partial charge in [0.2, 0.25) is 17.2 Å². The average molecular weight is 350 g/mol. The molecule has 0 radical (unpaired) electrons. The summed E-state index contributed by atoms with van der Waals surface area (Å²) >= 11 is 0. The molecule has 1 aromatic heterocycles. The van der Waals surface area contributed by atoms with E-state index in [4.69, 9.17) is 13.5 Å². The van der Waals surface area contributed by atoms with Crippen LogP contribution in [0.5, 0.6) is 0 Å². The number of rotatable bonds is 8. The van der Waals surface area contributed by atoms with Crippen molar-refractivity contribution < 1.29 is 18.0 Å². The van der Waals surface area contributed by atoms with Gasteiger partial charge in [-0.3, -0.25) is 4.57 Å². The Morgan fingerprint density at radius 2 is 1.75 bits per heavy atom. The Bertz CT molecular complexity index is 715. The Morgan fingerprint density at radius 1 is 1.12 bits per heavy atom. The molecule has 2 rings (SSSR count). The first-order valence-corrected chi connectivity index (χ1v) is 9.35. The van der Waals surface area contributed by atoms with Gasteiger partial charge in [0.15, 0.2) is 0 Å². The molecule has 0 N–H and O–H groups in total. The first-order chi connectivity index (χ1) is 11.5. The third kappa shape index (κ3) is 4.35. The van der Waals surface area contributed by atoms with E-state index in [0.29, 0.717) is 11.8 Å². The van der Waals surface area contributed by atoms with E-state index in [1.54, 1.807) is 38.9 Å². The molecule has 0 unspecified atom stereocenters. The molecule has 0 amide bonds. The van der Waals surface area contributed by atoms with Gasteiger partial charge in [-0.1, -0.05) is 30.3 Å². The van der Waals surface area contributed by atoms with E-state index in [-0.39, 0.29) is 18.6 Å². The van der Waals surface area contributed by atoms with Crippen LogP contribution in [-0.4, -0.2) is 32.3 Å². The van der Waals surface area contributed by atoms with Crippen molar-refractivity contribution in [1.82, 2.24) is 4.98 Å². The molecule has 0 aliphatic carbocycles. The maximum Gasteiger partial charge on any atom is 0.385 e. The number of nitrogens with zero attached hydrogens (tertiary/aromatic N) is 2. The van der Waals surface area contributed by atoms with E-state index in [2.05, 4.69) is 4.98 Å². The van der Waals surface area contributed by atoms with Crippen LogP contribution in [0.1, 0.15) is 25.3 Å². The molecule has 0 fully saturated rings. The van der Waals surface area contributed by atoms with E-state index < -0.39 is 7.60 Å². The molecule has 0 bridgehead atoms. The van der Waals surface area contributed by atoms with E-state index in [1.807, 2.05) is 36.4 Å². The standard InChI is InChI=1S/C17H23N2O4P/c1-5-21-24(20,22-6-2)16-17(19(3)4)23-15(18-16)13-12-14-10-8-7-9-11-14/h7-13H,5-6H2,1-4H3/b13-12+. The van der Waals surface area contributed by atoms with Gasteiger partial charge in [0.05, 0.1) is 13.2 Å². The molecule has 1 aromatic carbocycles. The highest BCUT2D eigenvalue weighted by Gasteiger charge is 2.36. The topological polar surface area (TPSA) is 64.8 Å². The highest BCUT2D eigenvalue weighted by atomic mass is 31.2. The first kappa shape index (κ1) is 18.5. The summed E-state index contributed by atoms with van der Waals surface area (Å²) in [6.07, 6.45) is 3.61. The summed E-state index contributed by atoms with van der Waals surface area (Å²) in [7, 11) is 0.0588. The van der Waals surface area contributed by atoms with E-state index >= 15 is 0 Å². The summed E-state index contributed by atoms with van der Waals surface area (Å²) in [5, 5.41) is 0. The zero-order chi connectivity index (χ0) is 17.6. The van der Waals surface area contributed by atoms with Gasteiger partial charge in [0.1, 0.15) is 0 Å². The summed E-state index contributed by atoms with van der Waals surface area (Å²) in [6, 6.07) is 9.79. The van der Waals surface area contributed by atoms with Crippen LogP contribution in [0.3, 0.4) is 0 Å². The Morgan fingerprint density at radius 3 is 2.29 bits per heavy atom. The second kappa shape index (κ2) is 8.29. The molecule has 6 nitrogen and oxygen atoms in total. The monoisotopic (exact) mass is 350 g/mol. The van der Waals surface area contributed by atoms with Crippen LogP contribution < -0.4 is 10.3 Å². The average Bonchev–Trinajstić information content (AvgIpc) is 3.00. The summed E-state index contributed by atoms with van der Waals surface area (Å²) in [5.74, 6) is 0.713. The third-order valence-electron chi connectivity index (χ3n) is 3.09. The predicted molar refractivity (Wildman–Crippen MR) is 96.7 cm³/mol. The second-order valence-electron chi connectivity index (χ2n) is 5.15. The van der Waals surface area contributed by atoms with Gasteiger partial charge in [-0.05, 0) is 25.5 Å². The number of aromatic nitrogens is 1. The van der Waals surface area contributed by atoms with Crippen LogP contribution in [0.15, 0.2) is 34.7 Å². The minimum atomic E-state index is -3.52. The second-order valence-corrected chi connectivity index (χ2v) is 7.09. The van der Waals surface area contributed by atoms with Crippen LogP contribution in [0.4, 0.5) is 5.88 Å². The number of oxazole rings is 1. The predicted octanol–water partition coefficient (Wildman–Crippen LogP) is 3.80. The van der Waals surface area contributed by atoms with Crippen LogP contribution in [0.2, 0.25) is 0 Å². The Hall–Kier alpha value is -1.88. The molecule has 7 heteroatoms. The largest absolute Gasteiger partial charge is 0.420 e. The molecule has 1 heterocycles. The minimum absolute atomic E-state index is 0.198. The fourth-order valence-corrected chi connectivity index (χ4v) is 3.79. The Kier molecular flexibility index (Phi) is 6.37. The maximum atomic E-state index is 13.0. The van der Waals surface area contributed by atoms with Gasteiger partial charge in [0.25, 0.3) is 0 Å². The molecule has 2 aromatic rings. The Labute approximate surface area is 142 Å². The number of hydrogen-bond acceptors (Lipinski definition) is 6. The lowest BCUT2D eigenvalue weighted by Gasteiger charge is -2.17. The third-order valence-corrected chi connectivity index (χ3v) is 5.10. The van der Waals surface area contributed by atoms with Gasteiger partial charge < -0.3 is 18.4 Å². The molecule has 0 atom stereocenters. The highest BCUT2D eigenvalue weighted by molar-refractivity contribution is 7.62. The van der Waals surface area contributed by atoms with Gasteiger partial charge in [-0.2, -0.15) is 4.98 Å². The van der Waals surface area contributed by atoms with Crippen LogP contribution in [0, 0.1) is 0 Å². The zero-order valence-electron chi connectivity index (χ0n) is 14.4. The molecular weight excluding hydrogens is 327 g/mol. The van der Waals surface area contributed by atoms with Crippen molar-refractivity contribution >= 4 is 31.1 Å². The summed E-state index contributed by atoms with van der Waals surface area (Å²) < 4.78 is 29.5. The maximum absolute atomic E-state index is 13.0. The van der Waals surface area contributed by atoms with Crippen molar-refractivity contribution in [1.29, 1.82) is 0 Å². The van der Waals surface area contributed by atoms with Crippen molar-refractivity contribution in [2.45, 2.75) is 13.8 Å². The summed E-state index contributed by atoms with van der Waals surface area (Å²) in [4.78, 5) is 6.05. The van der Waals surface area contributed by atoms with E-state index in [9.17, 15) is 4.57 Å². The SMILES string of the molecule is CCOP(=O)(OCC)c1nc(/C=C/c2ccccc2)oc1N(C)C. The first-order valence-electron chi connectivity index (χ1n) is 7.81. The lowest BCUT2D eigenvalue weighted by molar-refractivity contribution is 0.229. The molecule has 130 valence electrons. The highest BCUT2D eigenvalue weighted by Crippen LogP contribution is 2.49. The summed E-state index contributed by atoms with van der Waals surface area (Å²) in [5.41, 5.74) is 1.21. The fraction of sp³-hybridized carbons (Fsp3) is 0.353. The van der Waals surface area contributed by atoms with Crippen molar-refractivity contribution in [2.24, 2.45) is 0 Å². The molecule has 0 spiro atoms. The normalized spacial score (nSPS) is 12.0. The van der Waals surface area contributed by atoms with Crippen molar-refractivity contribution in [3.8, 4) is 0 Å². The molecule has 24 heavy (non-hydrogen) atoms. The number of hydrogen-bond donors (Lipinski definition) is 0. The number of benzene rings is 1. The lowest BCUT2D eigenvalue weighted by Crippen LogP contribution is -2.20. The van der Waals surface area contributed by atoms with E-state index in [1.165, 1.54) is 0 Å². The van der Waals surface area contributed by atoms with Crippen LogP contribution in [-0.2, 0) is 13.6 Å². The van der Waals surface area contributed by atoms with Gasteiger partial charge in [-0.25, -0.2) is 0 Å². The van der Waals surface area contributed by atoms with Crippen molar-refractivity contribution in [3.05, 3.63) is 41.8 Å². The Balaban J connectivity index is 2.39. The molecular formula is C17H23N2O4P. The molecule has 0 saturated heterocycles. The number of anilines is 1. The van der Waals surface area contributed by atoms with Crippen LogP contribution >= 0.6 is 7.60 Å². The van der Waals surface area contributed by atoms with Gasteiger partial charge in [0, 0.05) is 20.2 Å².